The van der Waals surface area contributed by atoms with E-state index in [4.69, 9.17) is 9.73 Å². The van der Waals surface area contributed by atoms with Gasteiger partial charge in [0.05, 0.1) is 22.7 Å². The molecule has 3 unspecified atom stereocenters. The molecule has 1 aromatic rings. The predicted molar refractivity (Wildman–Crippen MR) is 135 cm³/mol. The Balaban J connectivity index is 1.84. The summed E-state index contributed by atoms with van der Waals surface area (Å²) in [6.45, 7) is 12.5. The number of amidine groups is 1. The van der Waals surface area contributed by atoms with Gasteiger partial charge in [-0.15, -0.1) is 0 Å². The molecule has 0 radical (unpaired) electrons. The van der Waals surface area contributed by atoms with Gasteiger partial charge in [-0.3, -0.25) is 4.99 Å². The molecule has 0 spiro atoms. The lowest BCUT2D eigenvalue weighted by Gasteiger charge is -2.35. The number of carbonyl (C=O) groups excluding carboxylic acids is 1. The Morgan fingerprint density at radius 3 is 2.53 bits per heavy atom. The zero-order valence-corrected chi connectivity index (χ0v) is 21.5. The molecular weight excluding hydrogens is 457 g/mol. The van der Waals surface area contributed by atoms with Gasteiger partial charge in [-0.2, -0.15) is 4.40 Å². The van der Waals surface area contributed by atoms with Crippen molar-refractivity contribution >= 4 is 34.8 Å². The van der Waals surface area contributed by atoms with Crippen LogP contribution < -0.4 is 5.32 Å². The van der Waals surface area contributed by atoms with E-state index in [-0.39, 0.29) is 18.0 Å². The molecule has 1 amide bonds. The van der Waals surface area contributed by atoms with E-state index in [1.165, 1.54) is 12.1 Å². The maximum Gasteiger partial charge on any atom is 0.410 e. The van der Waals surface area contributed by atoms with E-state index in [9.17, 15) is 13.4 Å². The second kappa shape index (κ2) is 10.4. The Labute approximate surface area is 203 Å². The molecule has 1 aromatic carbocycles. The molecule has 34 heavy (non-hydrogen) atoms. The van der Waals surface area contributed by atoms with E-state index in [2.05, 4.69) is 14.7 Å². The Bertz CT molecular complexity index is 1010. The van der Waals surface area contributed by atoms with Crippen molar-refractivity contribution in [1.29, 1.82) is 0 Å². The van der Waals surface area contributed by atoms with Crippen molar-refractivity contribution in [3.63, 3.8) is 0 Å². The molecule has 186 valence electrons. The summed E-state index contributed by atoms with van der Waals surface area (Å²) in [7, 11) is -1.47. The third kappa shape index (κ3) is 7.27. The van der Waals surface area contributed by atoms with E-state index >= 15 is 0 Å². The summed E-state index contributed by atoms with van der Waals surface area (Å²) in [4.78, 5) is 23.5. The molecule has 10 heteroatoms. The summed E-state index contributed by atoms with van der Waals surface area (Å²) in [6.07, 6.45) is 1.69. The van der Waals surface area contributed by atoms with E-state index in [1.54, 1.807) is 23.2 Å². The topological polar surface area (TPSA) is 95.7 Å². The van der Waals surface area contributed by atoms with Crippen molar-refractivity contribution < 1.29 is 18.1 Å². The van der Waals surface area contributed by atoms with Crippen LogP contribution in [0.4, 0.5) is 9.18 Å². The van der Waals surface area contributed by atoms with Crippen LogP contribution in [-0.4, -0.2) is 75.0 Å². The van der Waals surface area contributed by atoms with Gasteiger partial charge in [-0.1, -0.05) is 12.1 Å². The van der Waals surface area contributed by atoms with Gasteiger partial charge in [-0.25, -0.2) is 18.4 Å². The van der Waals surface area contributed by atoms with Gasteiger partial charge in [0, 0.05) is 26.1 Å². The zero-order chi connectivity index (χ0) is 25.1. The Morgan fingerprint density at radius 2 is 1.91 bits per heavy atom. The lowest BCUT2D eigenvalue weighted by Crippen LogP contribution is -2.56. The largest absolute Gasteiger partial charge is 0.444 e. The lowest BCUT2D eigenvalue weighted by atomic mass is 10.0. The smallest absolute Gasteiger partial charge is 0.410 e. The molecule has 2 heterocycles. The first-order chi connectivity index (χ1) is 15.8. The molecular formula is C24H34FN5O3S. The number of nitrogens with zero attached hydrogens (tertiary/aromatic N) is 4. The van der Waals surface area contributed by atoms with E-state index < -0.39 is 27.4 Å². The fourth-order valence-electron chi connectivity index (χ4n) is 3.38. The molecule has 0 saturated carbocycles. The van der Waals surface area contributed by atoms with Gasteiger partial charge < -0.3 is 15.0 Å². The third-order valence-electron chi connectivity index (χ3n) is 5.15. The second-order valence-electron chi connectivity index (χ2n) is 10.4. The first kappa shape index (κ1) is 26.2. The van der Waals surface area contributed by atoms with Crippen molar-refractivity contribution in [2.75, 3.05) is 19.6 Å². The minimum absolute atomic E-state index is 0.275. The number of hydrogen-bond donors (Lipinski definition) is 1. The van der Waals surface area contributed by atoms with Crippen LogP contribution in [0.15, 0.2) is 38.6 Å². The van der Waals surface area contributed by atoms with Crippen molar-refractivity contribution in [3.8, 4) is 0 Å². The molecule has 3 atom stereocenters. The average molecular weight is 492 g/mol. The number of hydrogen-bond acceptors (Lipinski definition) is 6. The predicted octanol–water partition coefficient (Wildman–Crippen LogP) is 3.33. The maximum atomic E-state index is 13.4. The minimum Gasteiger partial charge on any atom is -0.444 e. The third-order valence-corrected chi connectivity index (χ3v) is 6.58. The Kier molecular flexibility index (Phi) is 8.02. The summed E-state index contributed by atoms with van der Waals surface area (Å²) in [6, 6.07) is 5.52. The number of rotatable bonds is 4. The number of ether oxygens (including phenoxy) is 1. The van der Waals surface area contributed by atoms with Crippen molar-refractivity contribution in [1.82, 2.24) is 10.2 Å². The summed E-state index contributed by atoms with van der Waals surface area (Å²) < 4.78 is 35.5. The highest BCUT2D eigenvalue weighted by Gasteiger charge is 2.32. The second-order valence-corrected chi connectivity index (χ2v) is 12.3. The Hall–Kier alpha value is -2.46. The summed E-state index contributed by atoms with van der Waals surface area (Å²) in [5.74, 6) is 0.232. The van der Waals surface area contributed by atoms with E-state index in [0.29, 0.717) is 37.6 Å². The van der Waals surface area contributed by atoms with Gasteiger partial charge in [-0.05, 0) is 59.2 Å². The lowest BCUT2D eigenvalue weighted by molar-refractivity contribution is 0.0214. The SMILES string of the molecule is CC(C)(C)OC(=O)N1CCNC(C2=NC(Cc3ccc(F)cc3)C(=NS(=O)C(C)(C)C)C=N2)C1. The van der Waals surface area contributed by atoms with Crippen molar-refractivity contribution in [2.45, 2.75) is 70.4 Å². The number of halogens is 1. The molecule has 1 saturated heterocycles. The summed E-state index contributed by atoms with van der Waals surface area (Å²) in [5.41, 5.74) is 0.818. The van der Waals surface area contributed by atoms with E-state index in [1.807, 2.05) is 41.5 Å². The van der Waals surface area contributed by atoms with Gasteiger partial charge in [0.15, 0.2) is 0 Å². The van der Waals surface area contributed by atoms with E-state index in [0.717, 1.165) is 5.56 Å². The first-order valence-corrected chi connectivity index (χ1v) is 12.5. The highest BCUT2D eigenvalue weighted by Crippen LogP contribution is 2.18. The highest BCUT2D eigenvalue weighted by atomic mass is 32.2. The van der Waals surface area contributed by atoms with Gasteiger partial charge in [0.1, 0.15) is 34.3 Å². The Morgan fingerprint density at radius 1 is 1.24 bits per heavy atom. The molecule has 1 fully saturated rings. The number of piperazine rings is 1. The zero-order valence-electron chi connectivity index (χ0n) is 20.7. The van der Waals surface area contributed by atoms with Crippen molar-refractivity contribution in [3.05, 3.63) is 35.6 Å². The van der Waals surface area contributed by atoms with Crippen LogP contribution in [0.25, 0.3) is 0 Å². The number of amides is 1. The molecule has 1 N–H and O–H groups in total. The quantitative estimate of drug-likeness (QED) is 0.699. The van der Waals surface area contributed by atoms with Gasteiger partial charge >= 0.3 is 6.09 Å². The summed E-state index contributed by atoms with van der Waals surface area (Å²) >= 11 is 0. The molecule has 0 bridgehead atoms. The van der Waals surface area contributed by atoms with Crippen LogP contribution >= 0.6 is 0 Å². The standard InChI is InChI=1S/C24H34FN5O3S/c1-23(2,3)33-22(31)30-12-11-26-20(15-30)21-27-14-19(29-34(32)24(4,5)6)18(28-21)13-16-7-9-17(25)10-8-16/h7-10,14,18,20,26H,11-13,15H2,1-6H3. The maximum absolute atomic E-state index is 13.4. The molecule has 0 aliphatic carbocycles. The van der Waals surface area contributed by atoms with Crippen LogP contribution in [0, 0.1) is 5.82 Å². The first-order valence-electron chi connectivity index (χ1n) is 11.4. The fourth-order valence-corrected chi connectivity index (χ4v) is 4.02. The van der Waals surface area contributed by atoms with Gasteiger partial charge in [0.25, 0.3) is 0 Å². The fraction of sp³-hybridized carbons (Fsp3) is 0.583. The number of nitrogens with one attached hydrogen (secondary N) is 1. The molecule has 8 nitrogen and oxygen atoms in total. The van der Waals surface area contributed by atoms with Crippen molar-refractivity contribution in [2.24, 2.45) is 14.4 Å². The van der Waals surface area contributed by atoms with Crippen LogP contribution in [0.1, 0.15) is 47.1 Å². The van der Waals surface area contributed by atoms with Crippen LogP contribution in [0.3, 0.4) is 0 Å². The van der Waals surface area contributed by atoms with Gasteiger partial charge in [0.2, 0.25) is 0 Å². The van der Waals surface area contributed by atoms with Crippen LogP contribution in [0.2, 0.25) is 0 Å². The number of aliphatic imine (C=N–C) groups is 2. The average Bonchev–Trinajstić information content (AvgIpc) is 2.74. The molecule has 0 aromatic heterocycles. The number of benzene rings is 1. The van der Waals surface area contributed by atoms with Crippen LogP contribution in [0.5, 0.6) is 0 Å². The monoisotopic (exact) mass is 491 g/mol. The minimum atomic E-state index is -1.47. The molecule has 2 aliphatic heterocycles. The normalized spacial score (nSPS) is 23.6. The molecule has 2 aliphatic rings. The van der Waals surface area contributed by atoms with Crippen LogP contribution in [-0.2, 0) is 22.1 Å². The molecule has 3 rings (SSSR count). The number of carbonyl (C=O) groups is 1. The summed E-state index contributed by atoms with van der Waals surface area (Å²) in [5, 5.41) is 3.36. The highest BCUT2D eigenvalue weighted by molar-refractivity contribution is 7.85.